The van der Waals surface area contributed by atoms with Crippen LogP contribution in [0.1, 0.15) is 52.9 Å². The summed E-state index contributed by atoms with van der Waals surface area (Å²) in [6.07, 6.45) is 5.31. The lowest BCUT2D eigenvalue weighted by molar-refractivity contribution is -0.665. The fraction of sp³-hybridized carbons (Fsp3) is 0.929. The van der Waals surface area contributed by atoms with E-state index < -0.39 is 0 Å². The Hall–Kier alpha value is -0.0900. The maximum atomic E-state index is 12.0. The zero-order chi connectivity index (χ0) is 13.6. The van der Waals surface area contributed by atoms with E-state index in [0.29, 0.717) is 5.92 Å². The van der Waals surface area contributed by atoms with Crippen LogP contribution in [-0.2, 0) is 9.53 Å². The number of hydrogen-bond donors (Lipinski definition) is 1. The standard InChI is InChI=1S/C14H26BrNO2/c1-4-5-6-12(15)13(17)18-14(2,3)11-7-9-16-10-8-11/h11-12,16H,4-10H2,1-3H3/p+1. The molecule has 0 aromatic heterocycles. The Kier molecular flexibility index (Phi) is 6.64. The van der Waals surface area contributed by atoms with Gasteiger partial charge in [0, 0.05) is 18.8 Å². The first-order valence-electron chi connectivity index (χ1n) is 7.16. The van der Waals surface area contributed by atoms with E-state index in [0.717, 1.165) is 45.2 Å². The monoisotopic (exact) mass is 320 g/mol. The van der Waals surface area contributed by atoms with Crippen molar-refractivity contribution in [3.8, 4) is 0 Å². The van der Waals surface area contributed by atoms with Crippen molar-refractivity contribution in [1.29, 1.82) is 0 Å². The number of ether oxygens (including phenoxy) is 1. The molecule has 1 rings (SSSR count). The topological polar surface area (TPSA) is 42.9 Å². The number of carbonyl (C=O) groups excluding carboxylic acids is 1. The smallest absolute Gasteiger partial charge is 0.320 e. The predicted molar refractivity (Wildman–Crippen MR) is 76.8 cm³/mol. The number of esters is 1. The SMILES string of the molecule is CCCCC(Br)C(=O)OC(C)(C)C1CC[NH2+]CC1. The number of nitrogens with two attached hydrogens (primary N) is 1. The van der Waals surface area contributed by atoms with Crippen molar-refractivity contribution in [2.45, 2.75) is 63.3 Å². The molecule has 0 amide bonds. The van der Waals surface area contributed by atoms with Crippen LogP contribution in [0.5, 0.6) is 0 Å². The van der Waals surface area contributed by atoms with Crippen molar-refractivity contribution in [2.75, 3.05) is 13.1 Å². The van der Waals surface area contributed by atoms with E-state index in [9.17, 15) is 4.79 Å². The van der Waals surface area contributed by atoms with Gasteiger partial charge in [-0.05, 0) is 20.3 Å². The van der Waals surface area contributed by atoms with E-state index in [1.54, 1.807) is 0 Å². The molecule has 2 N–H and O–H groups in total. The van der Waals surface area contributed by atoms with E-state index in [1.165, 1.54) is 0 Å². The highest BCUT2D eigenvalue weighted by Gasteiger charge is 2.36. The predicted octanol–water partition coefficient (Wildman–Crippen LogP) is 2.24. The molecular weight excluding hydrogens is 294 g/mol. The molecule has 1 saturated heterocycles. The molecule has 18 heavy (non-hydrogen) atoms. The molecule has 0 aliphatic carbocycles. The van der Waals surface area contributed by atoms with E-state index in [4.69, 9.17) is 4.74 Å². The van der Waals surface area contributed by atoms with Crippen LogP contribution in [0.25, 0.3) is 0 Å². The van der Waals surface area contributed by atoms with Crippen molar-refractivity contribution in [1.82, 2.24) is 0 Å². The number of unbranched alkanes of at least 4 members (excludes halogenated alkanes) is 1. The lowest BCUT2D eigenvalue weighted by Gasteiger charge is -2.36. The number of rotatable bonds is 6. The van der Waals surface area contributed by atoms with Crippen molar-refractivity contribution in [2.24, 2.45) is 5.92 Å². The van der Waals surface area contributed by atoms with Gasteiger partial charge >= 0.3 is 5.97 Å². The minimum atomic E-state index is -0.330. The van der Waals surface area contributed by atoms with Crippen molar-refractivity contribution < 1.29 is 14.8 Å². The van der Waals surface area contributed by atoms with Crippen LogP contribution in [0.2, 0.25) is 0 Å². The molecular formula is C14H27BrNO2+. The molecule has 0 saturated carbocycles. The van der Waals surface area contributed by atoms with Gasteiger partial charge in [-0.25, -0.2) is 0 Å². The first-order chi connectivity index (χ1) is 8.47. The Morgan fingerprint density at radius 1 is 1.44 bits per heavy atom. The summed E-state index contributed by atoms with van der Waals surface area (Å²) in [5.41, 5.74) is -0.330. The number of piperidine rings is 1. The maximum absolute atomic E-state index is 12.0. The Bertz CT molecular complexity index is 263. The van der Waals surface area contributed by atoms with Gasteiger partial charge in [0.1, 0.15) is 10.4 Å². The number of quaternary nitrogens is 1. The van der Waals surface area contributed by atoms with Gasteiger partial charge in [0.05, 0.1) is 13.1 Å². The number of alkyl halides is 1. The normalized spacial score (nSPS) is 19.6. The van der Waals surface area contributed by atoms with Crippen molar-refractivity contribution >= 4 is 21.9 Å². The van der Waals surface area contributed by atoms with Crippen LogP contribution in [0.3, 0.4) is 0 Å². The second-order valence-electron chi connectivity index (χ2n) is 5.77. The van der Waals surface area contributed by atoms with Gasteiger partial charge in [0.2, 0.25) is 0 Å². The van der Waals surface area contributed by atoms with Gasteiger partial charge in [0.25, 0.3) is 0 Å². The third kappa shape index (κ3) is 4.88. The van der Waals surface area contributed by atoms with E-state index in [1.807, 2.05) is 0 Å². The van der Waals surface area contributed by atoms with Crippen LogP contribution in [0.15, 0.2) is 0 Å². The van der Waals surface area contributed by atoms with Crippen molar-refractivity contribution in [3.05, 3.63) is 0 Å². The Labute approximate surface area is 119 Å². The van der Waals surface area contributed by atoms with Gasteiger partial charge in [-0.1, -0.05) is 35.7 Å². The molecule has 1 aliphatic heterocycles. The summed E-state index contributed by atoms with van der Waals surface area (Å²) < 4.78 is 5.74. The van der Waals surface area contributed by atoms with Crippen LogP contribution in [-0.4, -0.2) is 29.5 Å². The van der Waals surface area contributed by atoms with Crippen LogP contribution >= 0.6 is 15.9 Å². The third-order valence-electron chi connectivity index (χ3n) is 3.85. The molecule has 106 valence electrons. The molecule has 0 bridgehead atoms. The summed E-state index contributed by atoms with van der Waals surface area (Å²) in [6, 6.07) is 0. The maximum Gasteiger partial charge on any atom is 0.320 e. The molecule has 0 spiro atoms. The van der Waals surface area contributed by atoms with Gasteiger partial charge in [-0.3, -0.25) is 4.79 Å². The molecule has 1 aliphatic rings. The summed E-state index contributed by atoms with van der Waals surface area (Å²) in [5.74, 6) is 0.403. The van der Waals surface area contributed by atoms with E-state index in [-0.39, 0.29) is 16.4 Å². The first kappa shape index (κ1) is 16.0. The molecule has 3 nitrogen and oxygen atoms in total. The molecule has 0 aromatic rings. The summed E-state index contributed by atoms with van der Waals surface area (Å²) >= 11 is 3.44. The first-order valence-corrected chi connectivity index (χ1v) is 8.07. The highest BCUT2D eigenvalue weighted by atomic mass is 79.9. The number of hydrogen-bond acceptors (Lipinski definition) is 2. The van der Waals surface area contributed by atoms with Crippen molar-refractivity contribution in [3.63, 3.8) is 0 Å². The van der Waals surface area contributed by atoms with Gasteiger partial charge in [0.15, 0.2) is 0 Å². The largest absolute Gasteiger partial charge is 0.459 e. The summed E-state index contributed by atoms with van der Waals surface area (Å²) in [5, 5.41) is 2.34. The molecule has 1 fully saturated rings. The lowest BCUT2D eigenvalue weighted by Crippen LogP contribution is -2.86. The quantitative estimate of drug-likeness (QED) is 0.602. The molecule has 0 radical (unpaired) electrons. The summed E-state index contributed by atoms with van der Waals surface area (Å²) in [6.45, 7) is 8.55. The minimum absolute atomic E-state index is 0.0944. The van der Waals surface area contributed by atoms with Gasteiger partial charge in [-0.2, -0.15) is 0 Å². The fourth-order valence-electron chi connectivity index (χ4n) is 2.53. The number of carbonyl (C=O) groups is 1. The van der Waals surface area contributed by atoms with Gasteiger partial charge < -0.3 is 10.1 Å². The zero-order valence-electron chi connectivity index (χ0n) is 11.9. The Morgan fingerprint density at radius 2 is 2.06 bits per heavy atom. The Balaban J connectivity index is 2.45. The lowest BCUT2D eigenvalue weighted by atomic mass is 9.83. The number of halogens is 1. The van der Waals surface area contributed by atoms with Crippen LogP contribution < -0.4 is 5.32 Å². The van der Waals surface area contributed by atoms with Gasteiger partial charge in [-0.15, -0.1) is 0 Å². The Morgan fingerprint density at radius 3 is 2.61 bits per heavy atom. The molecule has 1 unspecified atom stereocenters. The summed E-state index contributed by atoms with van der Waals surface area (Å²) in [7, 11) is 0. The molecule has 0 aromatic carbocycles. The second-order valence-corrected chi connectivity index (χ2v) is 6.88. The summed E-state index contributed by atoms with van der Waals surface area (Å²) in [4.78, 5) is 11.9. The third-order valence-corrected chi connectivity index (χ3v) is 4.68. The fourth-order valence-corrected chi connectivity index (χ4v) is 2.95. The highest BCUT2D eigenvalue weighted by Crippen LogP contribution is 2.29. The minimum Gasteiger partial charge on any atom is -0.459 e. The second kappa shape index (κ2) is 7.49. The molecule has 4 heteroatoms. The molecule has 1 heterocycles. The zero-order valence-corrected chi connectivity index (χ0v) is 13.5. The average molecular weight is 321 g/mol. The average Bonchev–Trinajstić information content (AvgIpc) is 2.36. The van der Waals surface area contributed by atoms with Crippen LogP contribution in [0, 0.1) is 5.92 Å². The van der Waals surface area contributed by atoms with E-state index in [2.05, 4.69) is 42.0 Å². The van der Waals surface area contributed by atoms with E-state index >= 15 is 0 Å². The molecule has 1 atom stereocenters. The highest BCUT2D eigenvalue weighted by molar-refractivity contribution is 9.10. The van der Waals surface area contributed by atoms with Crippen LogP contribution in [0.4, 0.5) is 0 Å².